The highest BCUT2D eigenvalue weighted by atomic mass is 31.2. The molecule has 4 aromatic carbocycles. The molecule has 0 fully saturated rings. The Labute approximate surface area is 261 Å². The molecule has 230 valence electrons. The maximum Gasteiger partial charge on any atom is 0.336 e. The van der Waals surface area contributed by atoms with Crippen molar-refractivity contribution in [3.63, 3.8) is 0 Å². The first kappa shape index (κ1) is 32.8. The molecule has 0 bridgehead atoms. The number of rotatable bonds is 7. The van der Waals surface area contributed by atoms with Gasteiger partial charge in [0.25, 0.3) is 0 Å². The topological polar surface area (TPSA) is 72.8 Å². The molecule has 0 saturated carbocycles. The van der Waals surface area contributed by atoms with Crippen LogP contribution in [0.3, 0.4) is 0 Å². The average Bonchev–Trinajstić information content (AvgIpc) is 3.01. The van der Waals surface area contributed by atoms with Crippen LogP contribution in [0.15, 0.2) is 103 Å². The molecule has 0 aromatic heterocycles. The van der Waals surface area contributed by atoms with Crippen LogP contribution in [-0.2, 0) is 29.9 Å². The second-order valence-electron chi connectivity index (χ2n) is 13.0. The zero-order valence-electron chi connectivity index (χ0n) is 26.9. The third kappa shape index (κ3) is 6.12. The number of esters is 2. The number of methoxy groups -OCH3 is 2. The summed E-state index contributed by atoms with van der Waals surface area (Å²) in [5.74, 6) is -2.12. The second kappa shape index (κ2) is 12.9. The molecule has 6 heteroatoms. The quantitative estimate of drug-likeness (QED) is 0.189. The minimum absolute atomic E-state index is 0.187. The van der Waals surface area contributed by atoms with E-state index in [1.54, 1.807) is 0 Å². The van der Waals surface area contributed by atoms with Gasteiger partial charge in [0.05, 0.1) is 19.5 Å². The SMILES string of the molecule is COC(=O)C(C(C(=O)OC)c1cc(C(C)(C)C)c(O)c(C(C)(C)C)c1)=P(c1ccccc1)(c1ccccc1)c1ccccc1. The molecule has 0 saturated heterocycles. The Kier molecular flexibility index (Phi) is 9.61. The first-order valence-electron chi connectivity index (χ1n) is 14.8. The fourth-order valence-corrected chi connectivity index (χ4v) is 10.5. The number of benzene rings is 4. The van der Waals surface area contributed by atoms with Crippen molar-refractivity contribution in [3.05, 3.63) is 120 Å². The van der Waals surface area contributed by atoms with Gasteiger partial charge >= 0.3 is 11.9 Å². The summed E-state index contributed by atoms with van der Waals surface area (Å²) in [7, 11) is 2.69. The molecule has 1 unspecified atom stereocenters. The maximum atomic E-state index is 14.5. The van der Waals surface area contributed by atoms with Crippen molar-refractivity contribution in [2.24, 2.45) is 0 Å². The Morgan fingerprint density at radius 1 is 0.636 bits per heavy atom. The Balaban J connectivity index is 2.37. The van der Waals surface area contributed by atoms with E-state index in [2.05, 4.69) is 0 Å². The molecule has 0 aliphatic heterocycles. The van der Waals surface area contributed by atoms with Crippen LogP contribution < -0.4 is 15.9 Å². The van der Waals surface area contributed by atoms with E-state index in [1.807, 2.05) is 145 Å². The van der Waals surface area contributed by atoms with E-state index in [0.717, 1.165) is 15.9 Å². The molecule has 0 aliphatic rings. The molecule has 5 nitrogen and oxygen atoms in total. The maximum absolute atomic E-state index is 14.5. The van der Waals surface area contributed by atoms with Crippen LogP contribution in [-0.4, -0.2) is 36.6 Å². The third-order valence-electron chi connectivity index (χ3n) is 7.98. The van der Waals surface area contributed by atoms with Crippen LogP contribution in [0, 0.1) is 0 Å². The van der Waals surface area contributed by atoms with Gasteiger partial charge in [-0.1, -0.05) is 145 Å². The molecule has 0 amide bonds. The van der Waals surface area contributed by atoms with Gasteiger partial charge in [-0.15, -0.1) is 0 Å². The molecular formula is C38H43O5P. The summed E-state index contributed by atoms with van der Waals surface area (Å²) in [6.45, 7) is 9.05. The summed E-state index contributed by atoms with van der Waals surface area (Å²) in [6.07, 6.45) is 0. The number of phenols is 1. The predicted molar refractivity (Wildman–Crippen MR) is 182 cm³/mol. The summed E-state index contributed by atoms with van der Waals surface area (Å²) in [5.41, 5.74) is 1.01. The van der Waals surface area contributed by atoms with Crippen molar-refractivity contribution in [2.75, 3.05) is 14.2 Å². The Bertz CT molecular complexity index is 1540. The standard InChI is InChI=1S/C38H43O5P/c1-37(2,3)30-24-26(25-31(33(30)39)38(4,5)6)32(35(40)42-7)34(36(41)43-8)44(27-18-12-9-13-19-27,28-20-14-10-15-21-28)29-22-16-11-17-23-29/h9-25,32,39H,1-8H3. The van der Waals surface area contributed by atoms with Crippen molar-refractivity contribution in [3.8, 4) is 5.75 Å². The van der Waals surface area contributed by atoms with Crippen molar-refractivity contribution < 1.29 is 24.2 Å². The zero-order valence-corrected chi connectivity index (χ0v) is 27.8. The van der Waals surface area contributed by atoms with Crippen LogP contribution in [0.1, 0.15) is 64.2 Å². The number of hydrogen-bond acceptors (Lipinski definition) is 5. The van der Waals surface area contributed by atoms with Crippen LogP contribution in [0.5, 0.6) is 5.75 Å². The van der Waals surface area contributed by atoms with E-state index in [-0.39, 0.29) is 5.75 Å². The van der Waals surface area contributed by atoms with E-state index in [9.17, 15) is 14.7 Å². The van der Waals surface area contributed by atoms with E-state index in [0.29, 0.717) is 22.0 Å². The normalized spacial score (nSPS) is 12.7. The highest BCUT2D eigenvalue weighted by Crippen LogP contribution is 2.51. The molecule has 1 N–H and O–H groups in total. The van der Waals surface area contributed by atoms with Gasteiger partial charge < -0.3 is 14.6 Å². The first-order chi connectivity index (χ1) is 20.8. The van der Waals surface area contributed by atoms with E-state index in [4.69, 9.17) is 9.47 Å². The number of ether oxygens (including phenoxy) is 2. The highest BCUT2D eigenvalue weighted by molar-refractivity contribution is 7.96. The van der Waals surface area contributed by atoms with Gasteiger partial charge in [0.15, 0.2) is 0 Å². The molecule has 0 heterocycles. The molecule has 0 spiro atoms. The van der Waals surface area contributed by atoms with Gasteiger partial charge in [-0.3, -0.25) is 4.79 Å². The third-order valence-corrected chi connectivity index (χ3v) is 12.4. The van der Waals surface area contributed by atoms with Crippen molar-refractivity contribution in [1.29, 1.82) is 0 Å². The molecule has 0 aliphatic carbocycles. The average molecular weight is 611 g/mol. The Hall–Kier alpha value is -4.08. The Morgan fingerprint density at radius 3 is 1.30 bits per heavy atom. The van der Waals surface area contributed by atoms with Gasteiger partial charge in [0.1, 0.15) is 11.7 Å². The fraction of sp³-hybridized carbons (Fsp3) is 0.289. The summed E-state index contributed by atoms with van der Waals surface area (Å²) in [5, 5.41) is 14.6. The van der Waals surface area contributed by atoms with Gasteiger partial charge in [0.2, 0.25) is 0 Å². The van der Waals surface area contributed by atoms with Crippen LogP contribution in [0.2, 0.25) is 0 Å². The second-order valence-corrected chi connectivity index (χ2v) is 16.3. The minimum Gasteiger partial charge on any atom is -0.507 e. The number of carbonyl (C=O) groups excluding carboxylic acids is 2. The van der Waals surface area contributed by atoms with Crippen molar-refractivity contribution in [2.45, 2.75) is 58.3 Å². The van der Waals surface area contributed by atoms with E-state index >= 15 is 0 Å². The molecule has 1 atom stereocenters. The van der Waals surface area contributed by atoms with Gasteiger partial charge in [0, 0.05) is 0 Å². The lowest BCUT2D eigenvalue weighted by molar-refractivity contribution is -0.142. The van der Waals surface area contributed by atoms with E-state index in [1.165, 1.54) is 14.2 Å². The Morgan fingerprint density at radius 2 is 1.00 bits per heavy atom. The predicted octanol–water partition coefficient (Wildman–Crippen LogP) is 6.58. The fourth-order valence-electron chi connectivity index (χ4n) is 5.86. The lowest BCUT2D eigenvalue weighted by Crippen LogP contribution is -2.40. The first-order valence-corrected chi connectivity index (χ1v) is 16.5. The van der Waals surface area contributed by atoms with Crippen LogP contribution in [0.25, 0.3) is 0 Å². The molecule has 4 rings (SSSR count). The number of hydrogen-bond donors (Lipinski definition) is 1. The van der Waals surface area contributed by atoms with E-state index < -0.39 is 35.6 Å². The smallest absolute Gasteiger partial charge is 0.336 e. The highest BCUT2D eigenvalue weighted by Gasteiger charge is 2.43. The molecule has 4 aromatic rings. The summed E-state index contributed by atoms with van der Waals surface area (Å²) >= 11 is 0. The number of aromatic hydroxyl groups is 1. The summed E-state index contributed by atoms with van der Waals surface area (Å²) in [6, 6.07) is 33.3. The van der Waals surface area contributed by atoms with Crippen LogP contribution >= 0.6 is 6.89 Å². The van der Waals surface area contributed by atoms with Crippen LogP contribution in [0.4, 0.5) is 0 Å². The summed E-state index contributed by atoms with van der Waals surface area (Å²) < 4.78 is 11.1. The van der Waals surface area contributed by atoms with Crippen molar-refractivity contribution >= 4 is 40.0 Å². The van der Waals surface area contributed by atoms with Crippen molar-refractivity contribution in [1.82, 2.24) is 0 Å². The van der Waals surface area contributed by atoms with Gasteiger partial charge in [-0.05, 0) is 50.3 Å². The molecule has 0 radical (unpaired) electrons. The number of carbonyl (C=O) groups is 2. The molecular weight excluding hydrogens is 567 g/mol. The largest absolute Gasteiger partial charge is 0.507 e. The lowest BCUT2D eigenvalue weighted by Gasteiger charge is -2.35. The number of phenolic OH excluding ortho intramolecular Hbond substituents is 1. The summed E-state index contributed by atoms with van der Waals surface area (Å²) in [4.78, 5) is 28.7. The lowest BCUT2D eigenvalue weighted by atomic mass is 9.76. The van der Waals surface area contributed by atoms with Gasteiger partial charge in [-0.25, -0.2) is 4.79 Å². The zero-order chi connectivity index (χ0) is 32.3. The monoisotopic (exact) mass is 610 g/mol. The minimum atomic E-state index is -3.07. The molecule has 44 heavy (non-hydrogen) atoms. The van der Waals surface area contributed by atoms with Gasteiger partial charge in [-0.2, -0.15) is 0 Å².